The van der Waals surface area contributed by atoms with Crippen molar-refractivity contribution < 1.29 is 19.4 Å². The van der Waals surface area contributed by atoms with E-state index in [9.17, 15) is 14.7 Å². The summed E-state index contributed by atoms with van der Waals surface area (Å²) in [6, 6.07) is 0. The maximum Gasteiger partial charge on any atom is 0.312 e. The first-order valence-corrected chi connectivity index (χ1v) is 9.25. The van der Waals surface area contributed by atoms with Crippen molar-refractivity contribution in [2.75, 3.05) is 6.61 Å². The highest BCUT2D eigenvalue weighted by Crippen LogP contribution is 2.43. The summed E-state index contributed by atoms with van der Waals surface area (Å²) in [5.74, 6) is -1.56. The monoisotopic (exact) mass is 328 g/mol. The van der Waals surface area contributed by atoms with Crippen molar-refractivity contribution in [2.45, 2.75) is 86.0 Å². The molecule has 1 N–H and O–H groups in total. The van der Waals surface area contributed by atoms with Crippen LogP contribution in [0.5, 0.6) is 0 Å². The largest absolute Gasteiger partial charge is 0.481 e. The number of unbranched alkanes of at least 4 members (excludes halogenated alkanes) is 2. The molecule has 0 aromatic rings. The molecule has 0 aliphatic heterocycles. The number of carbonyl (C=O) groups is 2. The van der Waals surface area contributed by atoms with Crippen LogP contribution in [0.4, 0.5) is 0 Å². The van der Waals surface area contributed by atoms with E-state index in [2.05, 4.69) is 6.92 Å². The maximum absolute atomic E-state index is 12.9. The second-order valence-electron chi connectivity index (χ2n) is 7.03. The summed E-state index contributed by atoms with van der Waals surface area (Å²) in [4.78, 5) is 24.8. The molecule has 0 aromatic carbocycles. The molecule has 0 saturated heterocycles. The smallest absolute Gasteiger partial charge is 0.312 e. The summed E-state index contributed by atoms with van der Waals surface area (Å²) in [6.07, 6.45) is 6.03. The number of hydrogen-bond acceptors (Lipinski definition) is 3. The van der Waals surface area contributed by atoms with Crippen molar-refractivity contribution >= 4 is 11.9 Å². The Hall–Kier alpha value is -1.06. The molecule has 0 fully saturated rings. The van der Waals surface area contributed by atoms with Crippen molar-refractivity contribution in [3.8, 4) is 0 Å². The Bertz CT molecular complexity index is 351. The van der Waals surface area contributed by atoms with E-state index in [-0.39, 0.29) is 11.9 Å². The van der Waals surface area contributed by atoms with Gasteiger partial charge in [0.05, 0.1) is 17.9 Å². The minimum Gasteiger partial charge on any atom is -0.481 e. The predicted octanol–water partition coefficient (Wildman–Crippen LogP) is 5.05. The standard InChI is InChI=1S/C19H36O4/c1-6-9-12-19(14-15(4)5,16(11-8-3)17(20)21)18(22)23-13-10-7-2/h15-16H,6-14H2,1-5H3,(H,20,21). The van der Waals surface area contributed by atoms with Crippen molar-refractivity contribution in [1.82, 2.24) is 0 Å². The van der Waals surface area contributed by atoms with Gasteiger partial charge in [-0.2, -0.15) is 0 Å². The lowest BCUT2D eigenvalue weighted by atomic mass is 9.65. The quantitative estimate of drug-likeness (QED) is 0.379. The molecule has 0 aliphatic rings. The molecule has 0 rings (SSSR count). The number of carboxylic acids is 1. The molecule has 2 atom stereocenters. The molecule has 0 amide bonds. The van der Waals surface area contributed by atoms with Crippen LogP contribution in [0.25, 0.3) is 0 Å². The zero-order valence-corrected chi connectivity index (χ0v) is 15.7. The van der Waals surface area contributed by atoms with Gasteiger partial charge in [-0.1, -0.05) is 60.3 Å². The van der Waals surface area contributed by atoms with Crippen molar-refractivity contribution in [3.63, 3.8) is 0 Å². The van der Waals surface area contributed by atoms with Crippen LogP contribution in [-0.2, 0) is 14.3 Å². The normalized spacial score (nSPS) is 15.2. The Kier molecular flexibility index (Phi) is 10.9. The number of ether oxygens (including phenoxy) is 1. The SMILES string of the molecule is CCCCOC(=O)C(CCCC)(CC(C)C)C(CCC)C(=O)O. The van der Waals surface area contributed by atoms with Gasteiger partial charge in [0, 0.05) is 0 Å². The highest BCUT2D eigenvalue weighted by atomic mass is 16.5. The van der Waals surface area contributed by atoms with E-state index in [1.54, 1.807) is 0 Å². The first kappa shape index (κ1) is 21.9. The molecule has 0 radical (unpaired) electrons. The predicted molar refractivity (Wildman–Crippen MR) is 93.3 cm³/mol. The Balaban J connectivity index is 5.61. The maximum atomic E-state index is 12.9. The van der Waals surface area contributed by atoms with E-state index in [0.29, 0.717) is 25.9 Å². The van der Waals surface area contributed by atoms with Crippen LogP contribution in [0.1, 0.15) is 86.0 Å². The Morgan fingerprint density at radius 1 is 1.04 bits per heavy atom. The molecular weight excluding hydrogens is 292 g/mol. The molecule has 4 heteroatoms. The van der Waals surface area contributed by atoms with Crippen LogP contribution in [0.15, 0.2) is 0 Å². The Morgan fingerprint density at radius 2 is 1.65 bits per heavy atom. The van der Waals surface area contributed by atoms with Gasteiger partial charge >= 0.3 is 11.9 Å². The zero-order chi connectivity index (χ0) is 17.9. The fraction of sp³-hybridized carbons (Fsp3) is 0.895. The molecule has 23 heavy (non-hydrogen) atoms. The number of rotatable bonds is 13. The molecule has 0 bridgehead atoms. The molecule has 136 valence electrons. The average Bonchev–Trinajstić information content (AvgIpc) is 2.48. The first-order valence-electron chi connectivity index (χ1n) is 9.25. The zero-order valence-electron chi connectivity index (χ0n) is 15.7. The summed E-state index contributed by atoms with van der Waals surface area (Å²) in [6.45, 7) is 10.6. The van der Waals surface area contributed by atoms with Crippen LogP contribution in [0, 0.1) is 17.3 Å². The molecule has 0 aromatic heterocycles. The summed E-state index contributed by atoms with van der Waals surface area (Å²) in [7, 11) is 0. The average molecular weight is 328 g/mol. The molecule has 0 aliphatic carbocycles. The Morgan fingerprint density at radius 3 is 2.09 bits per heavy atom. The van der Waals surface area contributed by atoms with Gasteiger partial charge < -0.3 is 9.84 Å². The highest BCUT2D eigenvalue weighted by molar-refractivity contribution is 5.84. The van der Waals surface area contributed by atoms with Crippen LogP contribution >= 0.6 is 0 Å². The summed E-state index contributed by atoms with van der Waals surface area (Å²) in [5, 5.41) is 9.76. The molecule has 4 nitrogen and oxygen atoms in total. The molecule has 0 spiro atoms. The van der Waals surface area contributed by atoms with Crippen LogP contribution < -0.4 is 0 Å². The number of esters is 1. The third kappa shape index (κ3) is 6.92. The van der Waals surface area contributed by atoms with Gasteiger partial charge in [0.15, 0.2) is 0 Å². The van der Waals surface area contributed by atoms with Crippen molar-refractivity contribution in [3.05, 3.63) is 0 Å². The summed E-state index contributed by atoms with van der Waals surface area (Å²) >= 11 is 0. The van der Waals surface area contributed by atoms with Crippen molar-refractivity contribution in [2.24, 2.45) is 17.3 Å². The fourth-order valence-corrected chi connectivity index (χ4v) is 3.34. The molecule has 0 saturated carbocycles. The summed E-state index contributed by atoms with van der Waals surface area (Å²) < 4.78 is 5.52. The number of aliphatic carboxylic acids is 1. The third-order valence-electron chi connectivity index (χ3n) is 4.43. The summed E-state index contributed by atoms with van der Waals surface area (Å²) in [5.41, 5.74) is -0.889. The van der Waals surface area contributed by atoms with E-state index in [1.807, 2.05) is 27.7 Å². The third-order valence-corrected chi connectivity index (χ3v) is 4.43. The van der Waals surface area contributed by atoms with Gasteiger partial charge in [0.1, 0.15) is 0 Å². The molecule has 0 heterocycles. The number of hydrogen-bond donors (Lipinski definition) is 1. The van der Waals surface area contributed by atoms with Crippen LogP contribution in [0.2, 0.25) is 0 Å². The van der Waals surface area contributed by atoms with Crippen LogP contribution in [0.3, 0.4) is 0 Å². The molecular formula is C19H36O4. The number of carbonyl (C=O) groups excluding carboxylic acids is 1. The lowest BCUT2D eigenvalue weighted by molar-refractivity contribution is -0.170. The first-order chi connectivity index (χ1) is 10.9. The lowest BCUT2D eigenvalue weighted by Gasteiger charge is -2.38. The lowest BCUT2D eigenvalue weighted by Crippen LogP contribution is -2.45. The van der Waals surface area contributed by atoms with Gasteiger partial charge in [0.2, 0.25) is 0 Å². The minimum atomic E-state index is -0.889. The second-order valence-corrected chi connectivity index (χ2v) is 7.03. The van der Waals surface area contributed by atoms with Gasteiger partial charge in [-0.25, -0.2) is 0 Å². The van der Waals surface area contributed by atoms with Gasteiger partial charge in [0.25, 0.3) is 0 Å². The topological polar surface area (TPSA) is 63.6 Å². The fourth-order valence-electron chi connectivity index (χ4n) is 3.34. The van der Waals surface area contributed by atoms with E-state index < -0.39 is 17.3 Å². The van der Waals surface area contributed by atoms with Gasteiger partial charge in [-0.15, -0.1) is 0 Å². The number of carboxylic acid groups (broad SMARTS) is 1. The van der Waals surface area contributed by atoms with E-state index in [4.69, 9.17) is 4.74 Å². The Labute approximate surface area is 142 Å². The van der Waals surface area contributed by atoms with Crippen molar-refractivity contribution in [1.29, 1.82) is 0 Å². The molecule has 2 unspecified atom stereocenters. The van der Waals surface area contributed by atoms with E-state index in [0.717, 1.165) is 32.1 Å². The van der Waals surface area contributed by atoms with Crippen LogP contribution in [-0.4, -0.2) is 23.7 Å². The van der Waals surface area contributed by atoms with E-state index in [1.165, 1.54) is 0 Å². The minimum absolute atomic E-state index is 0.254. The highest BCUT2D eigenvalue weighted by Gasteiger charge is 2.49. The van der Waals surface area contributed by atoms with Gasteiger partial charge in [-0.3, -0.25) is 9.59 Å². The second kappa shape index (κ2) is 11.5. The van der Waals surface area contributed by atoms with E-state index >= 15 is 0 Å². The van der Waals surface area contributed by atoms with Gasteiger partial charge in [-0.05, 0) is 31.6 Å².